The highest BCUT2D eigenvalue weighted by Crippen LogP contribution is 2.44. The van der Waals surface area contributed by atoms with E-state index in [1.807, 2.05) is 6.07 Å². The second-order valence-corrected chi connectivity index (χ2v) is 8.99. The lowest BCUT2D eigenvalue weighted by molar-refractivity contribution is -0.00733. The molecule has 2 N–H and O–H groups in total. The minimum absolute atomic E-state index is 0.0328. The zero-order valence-corrected chi connectivity index (χ0v) is 18.5. The van der Waals surface area contributed by atoms with Gasteiger partial charge in [0, 0.05) is 18.3 Å². The minimum atomic E-state index is -3.63. The summed E-state index contributed by atoms with van der Waals surface area (Å²) in [5.74, 6) is 0.435. The predicted molar refractivity (Wildman–Crippen MR) is 117 cm³/mol. The number of benzene rings is 1. The summed E-state index contributed by atoms with van der Waals surface area (Å²) >= 11 is 0. The molecule has 9 nitrogen and oxygen atoms in total. The number of nitrogens with one attached hydrogen (secondary N) is 2. The number of hydrogen-bond acceptors (Lipinski definition) is 6. The first-order chi connectivity index (χ1) is 14.9. The Morgan fingerprint density at radius 1 is 1.19 bits per heavy atom. The number of aromatic nitrogens is 2. The molecule has 1 aliphatic heterocycles. The van der Waals surface area contributed by atoms with Gasteiger partial charge >= 0.3 is 13.4 Å². The summed E-state index contributed by atoms with van der Waals surface area (Å²) in [5.41, 5.74) is -0.605. The molecule has 0 aliphatic carbocycles. The van der Waals surface area contributed by atoms with Crippen molar-refractivity contribution in [2.75, 3.05) is 13.2 Å². The third kappa shape index (κ3) is 6.51. The average Bonchev–Trinajstić information content (AvgIpc) is 3.22. The third-order valence-corrected chi connectivity index (χ3v) is 6.24. The van der Waals surface area contributed by atoms with E-state index >= 15 is 0 Å². The van der Waals surface area contributed by atoms with E-state index in [1.165, 1.54) is 10.8 Å². The third-order valence-electron chi connectivity index (χ3n) is 4.69. The standard InChI is InChI=1S/C21H28N3O6P/c1-3-4-8-13-22-31(27,30-17-9-6-5-7-10-17)28-15-18-11-12-19(29-18)24-14-16(2)20(25)23-21(24)26/h5-7,9-12,14,18-19H,3-4,8,13,15H2,1-2H3,(H,22,27)(H,23,25,26)/t18-,19+,31?/m0/s1. The molecule has 168 valence electrons. The second-order valence-electron chi connectivity index (χ2n) is 7.24. The summed E-state index contributed by atoms with van der Waals surface area (Å²) in [6.07, 6.45) is 6.51. The van der Waals surface area contributed by atoms with Gasteiger partial charge in [-0.25, -0.2) is 14.4 Å². The van der Waals surface area contributed by atoms with Crippen LogP contribution in [-0.2, 0) is 13.8 Å². The number of H-pyrrole nitrogens is 1. The van der Waals surface area contributed by atoms with Crippen molar-refractivity contribution in [1.29, 1.82) is 0 Å². The fourth-order valence-corrected chi connectivity index (χ4v) is 4.39. The lowest BCUT2D eigenvalue weighted by Gasteiger charge is -2.22. The van der Waals surface area contributed by atoms with Gasteiger partial charge < -0.3 is 9.26 Å². The summed E-state index contributed by atoms with van der Waals surface area (Å²) in [5, 5.41) is 2.91. The van der Waals surface area contributed by atoms with Crippen molar-refractivity contribution in [2.24, 2.45) is 0 Å². The fraction of sp³-hybridized carbons (Fsp3) is 0.429. The number of unbranched alkanes of at least 4 members (excludes halogenated alkanes) is 2. The number of ether oxygens (including phenoxy) is 1. The molecule has 31 heavy (non-hydrogen) atoms. The smallest absolute Gasteiger partial charge is 0.413 e. The maximum absolute atomic E-state index is 13.3. The lowest BCUT2D eigenvalue weighted by Crippen LogP contribution is -2.33. The molecule has 1 aromatic heterocycles. The van der Waals surface area contributed by atoms with Crippen molar-refractivity contribution in [3.05, 3.63) is 75.1 Å². The normalized spacial score (nSPS) is 19.9. The molecular weight excluding hydrogens is 421 g/mol. The van der Waals surface area contributed by atoms with Crippen LogP contribution < -0.4 is 20.9 Å². The molecule has 0 amide bonds. The summed E-state index contributed by atoms with van der Waals surface area (Å²) in [6, 6.07) is 8.82. The van der Waals surface area contributed by atoms with E-state index in [1.54, 1.807) is 43.3 Å². The summed E-state index contributed by atoms with van der Waals surface area (Å²) in [7, 11) is -3.63. The molecular formula is C21H28N3O6P. The van der Waals surface area contributed by atoms with Crippen LogP contribution in [0.25, 0.3) is 0 Å². The Morgan fingerprint density at radius 2 is 1.97 bits per heavy atom. The topological polar surface area (TPSA) is 112 Å². The zero-order chi connectivity index (χ0) is 22.3. The Hall–Kier alpha value is -2.45. The number of aromatic amines is 1. The quantitative estimate of drug-likeness (QED) is 0.308. The monoisotopic (exact) mass is 449 g/mol. The molecule has 2 aromatic rings. The van der Waals surface area contributed by atoms with E-state index in [0.29, 0.717) is 17.9 Å². The molecule has 0 fully saturated rings. The van der Waals surface area contributed by atoms with Crippen LogP contribution in [0, 0.1) is 6.92 Å². The van der Waals surface area contributed by atoms with Gasteiger partial charge in [0.15, 0.2) is 6.23 Å². The molecule has 0 saturated carbocycles. The van der Waals surface area contributed by atoms with Crippen molar-refractivity contribution >= 4 is 7.75 Å². The predicted octanol–water partition coefficient (Wildman–Crippen LogP) is 3.28. The van der Waals surface area contributed by atoms with E-state index in [-0.39, 0.29) is 6.61 Å². The number of nitrogens with zero attached hydrogens (tertiary/aromatic N) is 1. The van der Waals surface area contributed by atoms with Gasteiger partial charge in [0.25, 0.3) is 5.56 Å². The summed E-state index contributed by atoms with van der Waals surface area (Å²) in [4.78, 5) is 25.9. The zero-order valence-electron chi connectivity index (χ0n) is 17.7. The van der Waals surface area contributed by atoms with Gasteiger partial charge in [-0.3, -0.25) is 18.9 Å². The Morgan fingerprint density at radius 3 is 2.71 bits per heavy atom. The maximum Gasteiger partial charge on any atom is 0.458 e. The van der Waals surface area contributed by atoms with Crippen molar-refractivity contribution in [3.63, 3.8) is 0 Å². The van der Waals surface area contributed by atoms with E-state index in [9.17, 15) is 14.2 Å². The average molecular weight is 449 g/mol. The molecule has 0 saturated heterocycles. The lowest BCUT2D eigenvalue weighted by atomic mass is 10.3. The van der Waals surface area contributed by atoms with Crippen molar-refractivity contribution < 1.29 is 18.3 Å². The maximum atomic E-state index is 13.3. The highest BCUT2D eigenvalue weighted by molar-refractivity contribution is 7.52. The van der Waals surface area contributed by atoms with Gasteiger partial charge in [0.2, 0.25) is 0 Å². The SMILES string of the molecule is CCCCCNP(=O)(OC[C@@H]1C=C[C@H](n2cc(C)c(=O)[nH]c2=O)O1)Oc1ccccc1. The first-order valence-electron chi connectivity index (χ1n) is 10.3. The number of rotatable bonds is 11. The van der Waals surface area contributed by atoms with Gasteiger partial charge in [-0.15, -0.1) is 0 Å². The molecule has 0 radical (unpaired) electrons. The van der Waals surface area contributed by atoms with Gasteiger partial charge in [0.1, 0.15) is 11.9 Å². The molecule has 3 rings (SSSR count). The number of para-hydroxylation sites is 1. The minimum Gasteiger partial charge on any atom is -0.413 e. The van der Waals surface area contributed by atoms with Crippen LogP contribution in [0.3, 0.4) is 0 Å². The van der Waals surface area contributed by atoms with E-state index in [4.69, 9.17) is 13.8 Å². The molecule has 10 heteroatoms. The molecule has 1 aromatic carbocycles. The van der Waals surface area contributed by atoms with Gasteiger partial charge in [0.05, 0.1) is 6.61 Å². The summed E-state index contributed by atoms with van der Waals surface area (Å²) < 4.78 is 31.7. The Balaban J connectivity index is 1.63. The van der Waals surface area contributed by atoms with Crippen LogP contribution in [0.2, 0.25) is 0 Å². The Bertz CT molecular complexity index is 1050. The highest BCUT2D eigenvalue weighted by atomic mass is 31.2. The van der Waals surface area contributed by atoms with Crippen molar-refractivity contribution in [1.82, 2.24) is 14.6 Å². The van der Waals surface area contributed by atoms with Crippen LogP contribution in [0.1, 0.15) is 38.0 Å². The Labute approximate surface area is 180 Å². The van der Waals surface area contributed by atoms with E-state index in [0.717, 1.165) is 19.3 Å². The van der Waals surface area contributed by atoms with Crippen LogP contribution in [0.4, 0.5) is 0 Å². The second kappa shape index (κ2) is 10.7. The van der Waals surface area contributed by atoms with Crippen LogP contribution in [0.15, 0.2) is 58.3 Å². The van der Waals surface area contributed by atoms with Gasteiger partial charge in [-0.1, -0.05) is 44.0 Å². The molecule has 2 heterocycles. The van der Waals surface area contributed by atoms with Crippen molar-refractivity contribution in [2.45, 2.75) is 45.4 Å². The number of hydrogen-bond donors (Lipinski definition) is 2. The molecule has 1 unspecified atom stereocenters. The Kier molecular flexibility index (Phi) is 8.03. The fourth-order valence-electron chi connectivity index (χ4n) is 3.00. The summed E-state index contributed by atoms with van der Waals surface area (Å²) in [6.45, 7) is 4.16. The first kappa shape index (κ1) is 23.2. The van der Waals surface area contributed by atoms with E-state index in [2.05, 4.69) is 17.0 Å². The van der Waals surface area contributed by atoms with Crippen molar-refractivity contribution in [3.8, 4) is 5.75 Å². The molecule has 3 atom stereocenters. The largest absolute Gasteiger partial charge is 0.458 e. The molecule has 1 aliphatic rings. The first-order valence-corrected chi connectivity index (χ1v) is 11.8. The van der Waals surface area contributed by atoms with Crippen LogP contribution in [-0.4, -0.2) is 28.8 Å². The van der Waals surface area contributed by atoms with Gasteiger partial charge in [-0.05, 0) is 31.6 Å². The highest BCUT2D eigenvalue weighted by Gasteiger charge is 2.30. The number of aryl methyl sites for hydroxylation is 1. The molecule has 0 spiro atoms. The van der Waals surface area contributed by atoms with E-state index < -0.39 is 31.3 Å². The van der Waals surface area contributed by atoms with Gasteiger partial charge in [-0.2, -0.15) is 0 Å². The molecule has 0 bridgehead atoms. The van der Waals surface area contributed by atoms with Crippen LogP contribution in [0.5, 0.6) is 5.75 Å². The van der Waals surface area contributed by atoms with Crippen LogP contribution >= 0.6 is 7.75 Å².